The third kappa shape index (κ3) is 6.80. The lowest BCUT2D eigenvalue weighted by Crippen LogP contribution is -2.33. The van der Waals surface area contributed by atoms with Gasteiger partial charge >= 0.3 is 0 Å². The minimum absolute atomic E-state index is 0. The van der Waals surface area contributed by atoms with E-state index in [9.17, 15) is 4.79 Å². The third-order valence-electron chi connectivity index (χ3n) is 2.53. The van der Waals surface area contributed by atoms with Crippen molar-refractivity contribution >= 4 is 34.2 Å². The van der Waals surface area contributed by atoms with E-state index in [0.29, 0.717) is 19.6 Å². The van der Waals surface area contributed by atoms with Gasteiger partial charge in [-0.3, -0.25) is 4.79 Å². The Morgan fingerprint density at radius 1 is 1.42 bits per heavy atom. The van der Waals surface area contributed by atoms with E-state index in [-0.39, 0.29) is 18.3 Å². The number of hydrogen-bond donors (Lipinski definition) is 1. The van der Waals surface area contributed by atoms with Gasteiger partial charge < -0.3 is 15.0 Å². The molecule has 0 fully saturated rings. The first-order chi connectivity index (χ1) is 8.65. The summed E-state index contributed by atoms with van der Waals surface area (Å²) in [6.07, 6.45) is 0.390. The second kappa shape index (κ2) is 10.1. The van der Waals surface area contributed by atoms with E-state index in [1.807, 2.05) is 31.3 Å². The normalized spacial score (nSPS) is 9.63. The van der Waals surface area contributed by atoms with Crippen LogP contribution in [0.5, 0.6) is 5.75 Å². The number of para-hydroxylation sites is 1. The van der Waals surface area contributed by atoms with Crippen molar-refractivity contribution in [3.05, 3.63) is 28.7 Å². The number of benzene rings is 1. The summed E-state index contributed by atoms with van der Waals surface area (Å²) in [7, 11) is 3.67. The molecule has 0 atom stereocenters. The summed E-state index contributed by atoms with van der Waals surface area (Å²) in [5, 5.41) is 3.01. The second-order valence-corrected chi connectivity index (χ2v) is 4.80. The van der Waals surface area contributed by atoms with E-state index in [2.05, 4.69) is 21.2 Å². The molecule has 1 aromatic rings. The van der Waals surface area contributed by atoms with Crippen molar-refractivity contribution in [3.63, 3.8) is 0 Å². The molecule has 0 spiro atoms. The largest absolute Gasteiger partial charge is 0.492 e. The minimum Gasteiger partial charge on any atom is -0.492 e. The third-order valence-corrected chi connectivity index (χ3v) is 3.19. The molecule has 0 saturated heterocycles. The topological polar surface area (TPSA) is 41.6 Å². The summed E-state index contributed by atoms with van der Waals surface area (Å²) in [6.45, 7) is 1.91. The highest BCUT2D eigenvalue weighted by Crippen LogP contribution is 2.23. The number of likely N-dealkylation sites (N-methyl/N-ethyl adjacent to an activating group) is 2. The van der Waals surface area contributed by atoms with Gasteiger partial charge in [0, 0.05) is 20.1 Å². The molecule has 19 heavy (non-hydrogen) atoms. The summed E-state index contributed by atoms with van der Waals surface area (Å²) in [6, 6.07) is 7.62. The maximum atomic E-state index is 11.7. The lowest BCUT2D eigenvalue weighted by Gasteiger charge is -2.17. The molecule has 1 amide bonds. The van der Waals surface area contributed by atoms with E-state index in [1.54, 1.807) is 11.9 Å². The van der Waals surface area contributed by atoms with Crippen molar-refractivity contribution in [2.24, 2.45) is 0 Å². The van der Waals surface area contributed by atoms with E-state index in [1.165, 1.54) is 0 Å². The summed E-state index contributed by atoms with van der Waals surface area (Å²) in [5.41, 5.74) is 0. The Balaban J connectivity index is 0.00000324. The fourth-order valence-corrected chi connectivity index (χ4v) is 1.80. The Bertz CT molecular complexity index is 391. The molecular formula is C13H20BrClN2O2. The molecule has 0 radical (unpaired) electrons. The van der Waals surface area contributed by atoms with Crippen LogP contribution in [0.25, 0.3) is 0 Å². The maximum absolute atomic E-state index is 11.7. The van der Waals surface area contributed by atoms with Crippen LogP contribution in [0.2, 0.25) is 0 Å². The van der Waals surface area contributed by atoms with Crippen molar-refractivity contribution < 1.29 is 9.53 Å². The Labute approximate surface area is 129 Å². The molecule has 1 rings (SSSR count). The van der Waals surface area contributed by atoms with Crippen molar-refractivity contribution in [1.29, 1.82) is 0 Å². The van der Waals surface area contributed by atoms with Crippen molar-refractivity contribution in [1.82, 2.24) is 10.2 Å². The Morgan fingerprint density at radius 2 is 2.11 bits per heavy atom. The highest BCUT2D eigenvalue weighted by Gasteiger charge is 2.08. The Kier molecular flexibility index (Phi) is 9.65. The van der Waals surface area contributed by atoms with Crippen molar-refractivity contribution in [2.75, 3.05) is 33.8 Å². The monoisotopic (exact) mass is 350 g/mol. The summed E-state index contributed by atoms with van der Waals surface area (Å²) in [5.74, 6) is 0.862. The van der Waals surface area contributed by atoms with Gasteiger partial charge in [0.15, 0.2) is 0 Å². The van der Waals surface area contributed by atoms with Crippen LogP contribution in [0, 0.1) is 0 Å². The summed E-state index contributed by atoms with van der Waals surface area (Å²) >= 11 is 3.40. The van der Waals surface area contributed by atoms with Gasteiger partial charge in [-0.15, -0.1) is 12.4 Å². The van der Waals surface area contributed by atoms with Crippen LogP contribution in [0.3, 0.4) is 0 Å². The van der Waals surface area contributed by atoms with Crippen LogP contribution in [0.1, 0.15) is 6.42 Å². The maximum Gasteiger partial charge on any atom is 0.225 e. The molecular weight excluding hydrogens is 332 g/mol. The van der Waals surface area contributed by atoms with Gasteiger partial charge in [0.25, 0.3) is 0 Å². The molecule has 1 aromatic carbocycles. The van der Waals surface area contributed by atoms with Gasteiger partial charge in [0.1, 0.15) is 5.75 Å². The molecule has 0 aromatic heterocycles. The molecule has 0 bridgehead atoms. The molecule has 6 heteroatoms. The number of rotatable bonds is 7. The number of halogens is 2. The Morgan fingerprint density at radius 3 is 2.74 bits per heavy atom. The van der Waals surface area contributed by atoms with Gasteiger partial charge in [0.05, 0.1) is 17.5 Å². The fourth-order valence-electron chi connectivity index (χ4n) is 1.41. The van der Waals surface area contributed by atoms with Gasteiger partial charge in [-0.2, -0.15) is 0 Å². The number of carbonyl (C=O) groups is 1. The summed E-state index contributed by atoms with van der Waals surface area (Å²) < 4.78 is 6.46. The molecule has 0 aliphatic rings. The predicted octanol–water partition coefficient (Wildman–Crippen LogP) is 2.32. The van der Waals surface area contributed by atoms with Crippen LogP contribution < -0.4 is 10.1 Å². The molecule has 0 aliphatic heterocycles. The van der Waals surface area contributed by atoms with E-state index in [4.69, 9.17) is 4.74 Å². The van der Waals surface area contributed by atoms with Crippen molar-refractivity contribution in [2.45, 2.75) is 6.42 Å². The zero-order valence-corrected chi connectivity index (χ0v) is 13.6. The molecule has 0 aliphatic carbocycles. The van der Waals surface area contributed by atoms with Gasteiger partial charge in [0.2, 0.25) is 5.91 Å². The number of nitrogens with zero attached hydrogens (tertiary/aromatic N) is 1. The first-order valence-corrected chi connectivity index (χ1v) is 6.70. The van der Waals surface area contributed by atoms with Crippen LogP contribution >= 0.6 is 28.3 Å². The van der Waals surface area contributed by atoms with E-state index < -0.39 is 0 Å². The molecule has 0 saturated carbocycles. The first-order valence-electron chi connectivity index (χ1n) is 5.91. The molecule has 0 heterocycles. The van der Waals surface area contributed by atoms with Crippen LogP contribution in [0.4, 0.5) is 0 Å². The van der Waals surface area contributed by atoms with Crippen LogP contribution in [-0.4, -0.2) is 44.6 Å². The average Bonchev–Trinajstić information content (AvgIpc) is 2.38. The predicted molar refractivity (Wildman–Crippen MR) is 83.1 cm³/mol. The van der Waals surface area contributed by atoms with Gasteiger partial charge in [-0.05, 0) is 35.1 Å². The number of amides is 1. The number of nitrogens with one attached hydrogen (secondary N) is 1. The zero-order chi connectivity index (χ0) is 13.4. The lowest BCUT2D eigenvalue weighted by atomic mass is 10.3. The quantitative estimate of drug-likeness (QED) is 0.820. The minimum atomic E-state index is 0. The highest BCUT2D eigenvalue weighted by molar-refractivity contribution is 9.10. The zero-order valence-electron chi connectivity index (χ0n) is 11.2. The SMILES string of the molecule is CNCCN(C)C(=O)CCOc1ccccc1Br.Cl. The lowest BCUT2D eigenvalue weighted by molar-refractivity contribution is -0.130. The van der Waals surface area contributed by atoms with Gasteiger partial charge in [-0.25, -0.2) is 0 Å². The first kappa shape index (κ1) is 18.2. The molecule has 108 valence electrons. The Hall–Kier alpha value is -0.780. The molecule has 1 N–H and O–H groups in total. The summed E-state index contributed by atoms with van der Waals surface area (Å²) in [4.78, 5) is 13.4. The molecule has 4 nitrogen and oxygen atoms in total. The molecule has 0 unspecified atom stereocenters. The highest BCUT2D eigenvalue weighted by atomic mass is 79.9. The van der Waals surface area contributed by atoms with Crippen LogP contribution in [0.15, 0.2) is 28.7 Å². The number of ether oxygens (including phenoxy) is 1. The van der Waals surface area contributed by atoms with E-state index in [0.717, 1.165) is 16.8 Å². The van der Waals surface area contributed by atoms with Gasteiger partial charge in [-0.1, -0.05) is 12.1 Å². The van der Waals surface area contributed by atoms with E-state index >= 15 is 0 Å². The number of carbonyl (C=O) groups excluding carboxylic acids is 1. The standard InChI is InChI=1S/C13H19BrN2O2.ClH/c1-15-8-9-16(2)13(17)7-10-18-12-6-4-3-5-11(12)14;/h3-6,15H,7-10H2,1-2H3;1H. The average molecular weight is 352 g/mol. The smallest absolute Gasteiger partial charge is 0.225 e. The second-order valence-electron chi connectivity index (χ2n) is 3.95. The van der Waals surface area contributed by atoms with Crippen molar-refractivity contribution in [3.8, 4) is 5.75 Å². The number of hydrogen-bond acceptors (Lipinski definition) is 3. The fraction of sp³-hybridized carbons (Fsp3) is 0.462. The van der Waals surface area contributed by atoms with Crippen LogP contribution in [-0.2, 0) is 4.79 Å².